The number of aliphatic hydroxyl groups is 1. The van der Waals surface area contributed by atoms with Crippen molar-refractivity contribution in [1.29, 1.82) is 0 Å². The summed E-state index contributed by atoms with van der Waals surface area (Å²) in [4.78, 5) is 39.8. The molecule has 1 amide bonds. The van der Waals surface area contributed by atoms with Crippen molar-refractivity contribution in [1.82, 2.24) is 14.9 Å². The standard InChI is InChI=1S/C28H33N5O7/c1-3-39-28-21(8-6-14-34)22(23-17-32(18(2)35)24-9-5-4-7-20(23)24)15-25(40-28)27(36)30-13-12-29-26-11-10-19(16-31-26)33(37)38/h4-5,7,9-11,15-17,21-22,28,34H,3,6,8,12-14H2,1-2H3,(H,29,31)(H,30,36). The summed E-state index contributed by atoms with van der Waals surface area (Å²) >= 11 is 0. The van der Waals surface area contributed by atoms with Gasteiger partial charge in [0.05, 0.1) is 10.4 Å². The van der Waals surface area contributed by atoms with Crippen LogP contribution in [0.3, 0.4) is 0 Å². The highest BCUT2D eigenvalue weighted by molar-refractivity contribution is 5.95. The van der Waals surface area contributed by atoms with Gasteiger partial charge in [-0.2, -0.15) is 0 Å². The summed E-state index contributed by atoms with van der Waals surface area (Å²) in [7, 11) is 0. The minimum absolute atomic E-state index is 0.00491. The van der Waals surface area contributed by atoms with E-state index in [1.54, 1.807) is 10.6 Å². The van der Waals surface area contributed by atoms with Crippen LogP contribution >= 0.6 is 0 Å². The molecular formula is C28H33N5O7. The lowest BCUT2D eigenvalue weighted by Crippen LogP contribution is -2.39. The van der Waals surface area contributed by atoms with Crippen LogP contribution in [0.2, 0.25) is 0 Å². The van der Waals surface area contributed by atoms with E-state index < -0.39 is 17.1 Å². The molecule has 3 heterocycles. The van der Waals surface area contributed by atoms with Crippen molar-refractivity contribution in [3.63, 3.8) is 0 Å². The molecule has 0 saturated carbocycles. The summed E-state index contributed by atoms with van der Waals surface area (Å²) in [6.45, 7) is 4.28. The van der Waals surface area contributed by atoms with Crippen LogP contribution in [0.5, 0.6) is 0 Å². The first-order chi connectivity index (χ1) is 19.3. The summed E-state index contributed by atoms with van der Waals surface area (Å²) in [5.41, 5.74) is 1.54. The normalized spacial score (nSPS) is 18.6. The molecule has 0 aliphatic carbocycles. The zero-order valence-corrected chi connectivity index (χ0v) is 22.4. The molecule has 3 N–H and O–H groups in total. The van der Waals surface area contributed by atoms with Gasteiger partial charge in [0.2, 0.25) is 12.2 Å². The lowest BCUT2D eigenvalue weighted by molar-refractivity contribution is -0.385. The Bertz CT molecular complexity index is 1390. The third-order valence-electron chi connectivity index (χ3n) is 6.75. The molecule has 0 bridgehead atoms. The van der Waals surface area contributed by atoms with Gasteiger partial charge in [-0.3, -0.25) is 24.3 Å². The van der Waals surface area contributed by atoms with Crippen LogP contribution in [0.25, 0.3) is 10.9 Å². The van der Waals surface area contributed by atoms with Gasteiger partial charge in [0.15, 0.2) is 5.76 Å². The molecule has 0 spiro atoms. The van der Waals surface area contributed by atoms with Crippen molar-refractivity contribution in [2.75, 3.05) is 31.6 Å². The van der Waals surface area contributed by atoms with Crippen molar-refractivity contribution in [3.05, 3.63) is 76.3 Å². The Kier molecular flexibility index (Phi) is 9.46. The van der Waals surface area contributed by atoms with E-state index in [4.69, 9.17) is 9.47 Å². The van der Waals surface area contributed by atoms with E-state index in [2.05, 4.69) is 15.6 Å². The van der Waals surface area contributed by atoms with Gasteiger partial charge in [-0.25, -0.2) is 4.98 Å². The van der Waals surface area contributed by atoms with Crippen LogP contribution in [0.4, 0.5) is 11.5 Å². The van der Waals surface area contributed by atoms with Crippen molar-refractivity contribution in [2.24, 2.45) is 5.92 Å². The van der Waals surface area contributed by atoms with Crippen LogP contribution in [-0.4, -0.2) is 64.0 Å². The highest BCUT2D eigenvalue weighted by atomic mass is 16.7. The Morgan fingerprint density at radius 2 is 2.02 bits per heavy atom. The average Bonchev–Trinajstić information content (AvgIpc) is 3.34. The summed E-state index contributed by atoms with van der Waals surface area (Å²) in [6.07, 6.45) is 5.12. The number of nitrogens with one attached hydrogen (secondary N) is 2. The number of amides is 1. The molecule has 3 aromatic rings. The number of hydrogen-bond donors (Lipinski definition) is 3. The van der Waals surface area contributed by atoms with E-state index in [1.807, 2.05) is 37.4 Å². The second-order valence-corrected chi connectivity index (χ2v) is 9.36. The number of hydrogen-bond acceptors (Lipinski definition) is 9. The fraction of sp³-hybridized carbons (Fsp3) is 0.393. The molecule has 0 saturated heterocycles. The lowest BCUT2D eigenvalue weighted by Gasteiger charge is -2.36. The van der Waals surface area contributed by atoms with Crippen molar-refractivity contribution < 1.29 is 29.1 Å². The van der Waals surface area contributed by atoms with Crippen molar-refractivity contribution in [3.8, 4) is 0 Å². The Morgan fingerprint density at radius 3 is 2.70 bits per heavy atom. The summed E-state index contributed by atoms with van der Waals surface area (Å²) in [5.74, 6) is -0.519. The number of fused-ring (bicyclic) bond motifs is 1. The molecule has 3 atom stereocenters. The maximum Gasteiger partial charge on any atom is 0.287 e. The van der Waals surface area contributed by atoms with Crippen LogP contribution in [0.15, 0.2) is 60.6 Å². The number of allylic oxidation sites excluding steroid dienone is 1. The van der Waals surface area contributed by atoms with Crippen LogP contribution in [0.1, 0.15) is 43.0 Å². The van der Waals surface area contributed by atoms with Gasteiger partial charge >= 0.3 is 0 Å². The van der Waals surface area contributed by atoms with Gasteiger partial charge in [0.25, 0.3) is 11.6 Å². The molecule has 3 unspecified atom stereocenters. The number of anilines is 1. The molecule has 1 aliphatic heterocycles. The van der Waals surface area contributed by atoms with Gasteiger partial charge in [0.1, 0.15) is 12.0 Å². The number of pyridine rings is 1. The topological polar surface area (TPSA) is 158 Å². The number of carbonyl (C=O) groups is 2. The zero-order chi connectivity index (χ0) is 28.6. The molecule has 4 rings (SSSR count). The largest absolute Gasteiger partial charge is 0.459 e. The Labute approximate surface area is 231 Å². The number of aliphatic hydroxyl groups excluding tert-OH is 1. The van der Waals surface area contributed by atoms with Gasteiger partial charge in [-0.05, 0) is 43.5 Å². The number of carbonyl (C=O) groups excluding carboxylic acids is 2. The van der Waals surface area contributed by atoms with E-state index in [0.29, 0.717) is 31.8 Å². The third-order valence-corrected chi connectivity index (χ3v) is 6.75. The Morgan fingerprint density at radius 1 is 1.23 bits per heavy atom. The molecule has 12 nitrogen and oxygen atoms in total. The first-order valence-electron chi connectivity index (χ1n) is 13.2. The maximum atomic E-state index is 13.2. The first kappa shape index (κ1) is 28.7. The second kappa shape index (κ2) is 13.2. The number of ether oxygens (including phenoxy) is 2. The number of para-hydroxylation sites is 1. The molecule has 1 aromatic carbocycles. The minimum atomic E-state index is -0.728. The average molecular weight is 552 g/mol. The lowest BCUT2D eigenvalue weighted by atomic mass is 9.80. The van der Waals surface area contributed by atoms with E-state index in [1.165, 1.54) is 19.1 Å². The van der Waals surface area contributed by atoms with Gasteiger partial charge in [-0.1, -0.05) is 18.2 Å². The smallest absolute Gasteiger partial charge is 0.287 e. The first-order valence-corrected chi connectivity index (χ1v) is 13.2. The third kappa shape index (κ3) is 6.46. The number of aromatic nitrogens is 2. The molecule has 0 radical (unpaired) electrons. The fourth-order valence-corrected chi connectivity index (χ4v) is 4.91. The Balaban J connectivity index is 1.56. The van der Waals surface area contributed by atoms with E-state index >= 15 is 0 Å². The van der Waals surface area contributed by atoms with E-state index in [0.717, 1.165) is 22.7 Å². The monoisotopic (exact) mass is 551 g/mol. The summed E-state index contributed by atoms with van der Waals surface area (Å²) in [6, 6.07) is 10.4. The molecule has 0 fully saturated rings. The highest BCUT2D eigenvalue weighted by Gasteiger charge is 2.39. The predicted molar refractivity (Wildman–Crippen MR) is 148 cm³/mol. The summed E-state index contributed by atoms with van der Waals surface area (Å²) in [5, 5.41) is 27.1. The maximum absolute atomic E-state index is 13.2. The van der Waals surface area contributed by atoms with Crippen LogP contribution in [0, 0.1) is 16.0 Å². The van der Waals surface area contributed by atoms with E-state index in [9.17, 15) is 24.8 Å². The molecule has 40 heavy (non-hydrogen) atoms. The van der Waals surface area contributed by atoms with Gasteiger partial charge in [0, 0.05) is 62.7 Å². The number of nitrogens with zero attached hydrogens (tertiary/aromatic N) is 3. The van der Waals surface area contributed by atoms with E-state index in [-0.39, 0.29) is 42.3 Å². The summed E-state index contributed by atoms with van der Waals surface area (Å²) < 4.78 is 13.6. The SMILES string of the molecule is CCOC1OC(C(=O)NCCNc2ccc([N+](=O)[O-])cn2)=CC(c2cn(C(C)=O)c3ccccc23)C1CCCO. The molecular weight excluding hydrogens is 518 g/mol. The Hall–Kier alpha value is -4.29. The van der Waals surface area contributed by atoms with Crippen molar-refractivity contribution >= 4 is 34.2 Å². The molecule has 1 aliphatic rings. The predicted octanol–water partition coefficient (Wildman–Crippen LogP) is 3.58. The molecule has 2 aromatic heterocycles. The van der Waals surface area contributed by atoms with Gasteiger partial charge < -0.3 is 25.2 Å². The fourth-order valence-electron chi connectivity index (χ4n) is 4.91. The zero-order valence-electron chi connectivity index (χ0n) is 22.4. The highest BCUT2D eigenvalue weighted by Crippen LogP contribution is 2.42. The molecule has 212 valence electrons. The number of benzene rings is 1. The molecule has 12 heteroatoms. The number of rotatable bonds is 12. The quantitative estimate of drug-likeness (QED) is 0.174. The van der Waals surface area contributed by atoms with Crippen LogP contribution in [-0.2, 0) is 14.3 Å². The van der Waals surface area contributed by atoms with Gasteiger partial charge in [-0.15, -0.1) is 0 Å². The minimum Gasteiger partial charge on any atom is -0.459 e. The number of nitro groups is 1. The second-order valence-electron chi connectivity index (χ2n) is 9.36. The van der Waals surface area contributed by atoms with Crippen molar-refractivity contribution in [2.45, 2.75) is 38.9 Å². The van der Waals surface area contributed by atoms with Crippen LogP contribution < -0.4 is 10.6 Å².